The van der Waals surface area contributed by atoms with Gasteiger partial charge in [-0.3, -0.25) is 9.59 Å². The molecule has 2 aliphatic carbocycles. The van der Waals surface area contributed by atoms with Crippen LogP contribution < -0.4 is 0 Å². The monoisotopic (exact) mass is 248 g/mol. The zero-order valence-corrected chi connectivity index (χ0v) is 11.5. The molecule has 0 aromatic rings. The van der Waals surface area contributed by atoms with Gasteiger partial charge in [0.05, 0.1) is 5.60 Å². The lowest BCUT2D eigenvalue weighted by atomic mass is 9.84. The molecular formula is C15H20O3. The lowest BCUT2D eigenvalue weighted by Crippen LogP contribution is -2.30. The summed E-state index contributed by atoms with van der Waals surface area (Å²) in [6, 6.07) is 0. The Morgan fingerprint density at radius 3 is 2.44 bits per heavy atom. The number of fused-ring (bicyclic) bond motifs is 1. The van der Waals surface area contributed by atoms with Crippen LogP contribution in [0, 0.1) is 5.92 Å². The van der Waals surface area contributed by atoms with Crippen molar-refractivity contribution in [3.05, 3.63) is 22.3 Å². The third-order valence-corrected chi connectivity index (χ3v) is 4.39. The first-order valence-electron chi connectivity index (χ1n) is 6.43. The first-order chi connectivity index (χ1) is 8.25. The van der Waals surface area contributed by atoms with Crippen molar-refractivity contribution in [3.63, 3.8) is 0 Å². The number of hydrogen-bond donors (Lipinski definition) is 1. The fraction of sp³-hybridized carbons (Fsp3) is 0.600. The quantitative estimate of drug-likeness (QED) is 0.529. The van der Waals surface area contributed by atoms with Crippen molar-refractivity contribution in [2.45, 2.75) is 52.6 Å². The van der Waals surface area contributed by atoms with Crippen molar-refractivity contribution in [1.29, 1.82) is 0 Å². The van der Waals surface area contributed by atoms with E-state index in [2.05, 4.69) is 0 Å². The normalized spacial score (nSPS) is 32.7. The molecule has 0 aromatic heterocycles. The Morgan fingerprint density at radius 2 is 1.89 bits per heavy atom. The van der Waals surface area contributed by atoms with Crippen molar-refractivity contribution >= 4 is 11.6 Å². The van der Waals surface area contributed by atoms with Crippen molar-refractivity contribution in [2.24, 2.45) is 5.92 Å². The van der Waals surface area contributed by atoms with E-state index in [1.165, 1.54) is 0 Å². The molecule has 2 aliphatic rings. The van der Waals surface area contributed by atoms with E-state index in [-0.39, 0.29) is 17.5 Å². The maximum Gasteiger partial charge on any atom is 0.229 e. The summed E-state index contributed by atoms with van der Waals surface area (Å²) in [4.78, 5) is 24.2. The van der Waals surface area contributed by atoms with Gasteiger partial charge in [-0.05, 0) is 47.0 Å². The number of carbonyl (C=O) groups excluding carboxylic acids is 2. The number of carbonyl (C=O) groups is 2. The summed E-state index contributed by atoms with van der Waals surface area (Å²) in [7, 11) is 0. The molecular weight excluding hydrogens is 228 g/mol. The molecule has 0 bridgehead atoms. The Bertz CT molecular complexity index is 488. The molecule has 1 fully saturated rings. The second-order valence-corrected chi connectivity index (χ2v) is 5.90. The SMILES string of the molecule is CC(C)=C1C[C@H]2C(=C(C)C(=O)C1=O)CC[C@@]2(C)O. The molecule has 0 aliphatic heterocycles. The Kier molecular flexibility index (Phi) is 3.06. The van der Waals surface area contributed by atoms with Crippen LogP contribution in [0.1, 0.15) is 47.0 Å². The first-order valence-corrected chi connectivity index (χ1v) is 6.43. The molecule has 0 amide bonds. The zero-order chi connectivity index (χ0) is 13.7. The molecule has 3 heteroatoms. The average molecular weight is 248 g/mol. The first kappa shape index (κ1) is 13.2. The Hall–Kier alpha value is -1.22. The molecule has 0 spiro atoms. The molecule has 98 valence electrons. The molecule has 2 atom stereocenters. The van der Waals surface area contributed by atoms with Gasteiger partial charge < -0.3 is 5.11 Å². The van der Waals surface area contributed by atoms with Crippen LogP contribution in [0.15, 0.2) is 22.3 Å². The Labute approximate surface area is 108 Å². The molecule has 0 saturated heterocycles. The third-order valence-electron chi connectivity index (χ3n) is 4.39. The van der Waals surface area contributed by atoms with Gasteiger partial charge >= 0.3 is 0 Å². The van der Waals surface area contributed by atoms with Crippen LogP contribution in [0.25, 0.3) is 0 Å². The van der Waals surface area contributed by atoms with Gasteiger partial charge in [-0.25, -0.2) is 0 Å². The van der Waals surface area contributed by atoms with Crippen LogP contribution in [-0.2, 0) is 9.59 Å². The fourth-order valence-corrected chi connectivity index (χ4v) is 3.08. The van der Waals surface area contributed by atoms with Crippen LogP contribution in [0.2, 0.25) is 0 Å². The van der Waals surface area contributed by atoms with E-state index in [4.69, 9.17) is 0 Å². The Morgan fingerprint density at radius 1 is 1.28 bits per heavy atom. The standard InChI is InChI=1S/C15H20O3/c1-8(2)11-7-12-10(5-6-15(12,4)18)9(3)13(16)14(11)17/h12,18H,5-7H2,1-4H3/t12-,15+/m0/s1. The number of ketones is 2. The van der Waals surface area contributed by atoms with Crippen LogP contribution in [0.4, 0.5) is 0 Å². The van der Waals surface area contributed by atoms with Gasteiger partial charge in [-0.2, -0.15) is 0 Å². The lowest BCUT2D eigenvalue weighted by Gasteiger charge is -2.26. The van der Waals surface area contributed by atoms with Gasteiger partial charge in [-0.1, -0.05) is 11.1 Å². The number of hydrogen-bond acceptors (Lipinski definition) is 3. The summed E-state index contributed by atoms with van der Waals surface area (Å²) in [6.45, 7) is 7.23. The molecule has 0 heterocycles. The van der Waals surface area contributed by atoms with E-state index < -0.39 is 5.60 Å². The van der Waals surface area contributed by atoms with Gasteiger partial charge in [0.25, 0.3) is 0 Å². The van der Waals surface area contributed by atoms with Crippen LogP contribution in [0.3, 0.4) is 0 Å². The van der Waals surface area contributed by atoms with Crippen LogP contribution in [0.5, 0.6) is 0 Å². The number of aliphatic hydroxyl groups is 1. The predicted octanol–water partition coefficient (Wildman–Crippen LogP) is 2.34. The topological polar surface area (TPSA) is 54.4 Å². The molecule has 1 saturated carbocycles. The summed E-state index contributed by atoms with van der Waals surface area (Å²) in [5, 5.41) is 10.4. The van der Waals surface area contributed by atoms with Crippen LogP contribution in [-0.4, -0.2) is 22.3 Å². The molecule has 18 heavy (non-hydrogen) atoms. The highest BCUT2D eigenvalue weighted by Gasteiger charge is 2.45. The maximum atomic E-state index is 12.1. The van der Waals surface area contributed by atoms with Gasteiger partial charge in [0.15, 0.2) is 0 Å². The van der Waals surface area contributed by atoms with E-state index in [9.17, 15) is 14.7 Å². The number of Topliss-reactive ketones (excluding diaryl/α,β-unsaturated/α-hetero) is 2. The molecule has 0 unspecified atom stereocenters. The van der Waals surface area contributed by atoms with Gasteiger partial charge in [0.2, 0.25) is 11.6 Å². The fourth-order valence-electron chi connectivity index (χ4n) is 3.08. The van der Waals surface area contributed by atoms with E-state index in [1.54, 1.807) is 13.8 Å². The molecule has 3 nitrogen and oxygen atoms in total. The van der Waals surface area contributed by atoms with Gasteiger partial charge in [0, 0.05) is 17.1 Å². The largest absolute Gasteiger partial charge is 0.390 e. The summed E-state index contributed by atoms with van der Waals surface area (Å²) in [5.41, 5.74) is 2.20. The predicted molar refractivity (Wildman–Crippen MR) is 69.1 cm³/mol. The maximum absolute atomic E-state index is 12.1. The van der Waals surface area contributed by atoms with Crippen molar-refractivity contribution in [1.82, 2.24) is 0 Å². The molecule has 0 radical (unpaired) electrons. The third kappa shape index (κ3) is 1.87. The van der Waals surface area contributed by atoms with E-state index in [1.807, 2.05) is 13.8 Å². The molecule has 1 N–H and O–H groups in total. The molecule has 2 rings (SSSR count). The summed E-state index contributed by atoms with van der Waals surface area (Å²) >= 11 is 0. The number of rotatable bonds is 0. The highest BCUT2D eigenvalue weighted by molar-refractivity contribution is 6.49. The minimum atomic E-state index is -0.803. The minimum Gasteiger partial charge on any atom is -0.390 e. The lowest BCUT2D eigenvalue weighted by molar-refractivity contribution is -0.132. The van der Waals surface area contributed by atoms with Gasteiger partial charge in [-0.15, -0.1) is 0 Å². The minimum absolute atomic E-state index is 0.0854. The van der Waals surface area contributed by atoms with Crippen molar-refractivity contribution < 1.29 is 14.7 Å². The van der Waals surface area contributed by atoms with Crippen molar-refractivity contribution in [2.75, 3.05) is 0 Å². The Balaban J connectivity index is 2.58. The van der Waals surface area contributed by atoms with E-state index >= 15 is 0 Å². The zero-order valence-electron chi connectivity index (χ0n) is 11.5. The number of allylic oxidation sites excluding steroid dienone is 3. The van der Waals surface area contributed by atoms with Crippen LogP contribution >= 0.6 is 0 Å². The summed E-state index contributed by atoms with van der Waals surface area (Å²) in [5.74, 6) is -0.857. The average Bonchev–Trinajstić information content (AvgIpc) is 2.53. The van der Waals surface area contributed by atoms with Crippen molar-refractivity contribution in [3.8, 4) is 0 Å². The van der Waals surface area contributed by atoms with Gasteiger partial charge in [0.1, 0.15) is 0 Å². The second-order valence-electron chi connectivity index (χ2n) is 5.90. The molecule has 0 aromatic carbocycles. The van der Waals surface area contributed by atoms with E-state index in [0.717, 1.165) is 17.6 Å². The summed E-state index contributed by atoms with van der Waals surface area (Å²) < 4.78 is 0. The van der Waals surface area contributed by atoms with E-state index in [0.29, 0.717) is 24.0 Å². The highest BCUT2D eigenvalue weighted by Crippen LogP contribution is 2.46. The summed E-state index contributed by atoms with van der Waals surface area (Å²) in [6.07, 6.45) is 1.88. The second kappa shape index (κ2) is 4.16. The highest BCUT2D eigenvalue weighted by atomic mass is 16.3. The smallest absolute Gasteiger partial charge is 0.229 e.